The maximum atomic E-state index is 12.4. The Balaban J connectivity index is 1.56. The molecular formula is C20H22N2O2. The molecule has 2 aromatic carbocycles. The summed E-state index contributed by atoms with van der Waals surface area (Å²) < 4.78 is 0. The minimum Gasteiger partial charge on any atom is -0.352 e. The van der Waals surface area contributed by atoms with Gasteiger partial charge in [0.1, 0.15) is 0 Å². The summed E-state index contributed by atoms with van der Waals surface area (Å²) in [6.07, 6.45) is 1.07. The number of carbonyl (C=O) groups is 2. The summed E-state index contributed by atoms with van der Waals surface area (Å²) in [5, 5.41) is 2.99. The highest BCUT2D eigenvalue weighted by Gasteiger charge is 2.30. The molecule has 1 unspecified atom stereocenters. The maximum Gasteiger partial charge on any atom is 0.225 e. The highest BCUT2D eigenvalue weighted by atomic mass is 16.2. The Morgan fingerprint density at radius 2 is 1.62 bits per heavy atom. The van der Waals surface area contributed by atoms with E-state index in [9.17, 15) is 9.59 Å². The van der Waals surface area contributed by atoms with Crippen molar-refractivity contribution in [2.75, 3.05) is 6.54 Å². The van der Waals surface area contributed by atoms with E-state index < -0.39 is 0 Å². The van der Waals surface area contributed by atoms with Gasteiger partial charge in [-0.3, -0.25) is 9.59 Å². The van der Waals surface area contributed by atoms with Crippen LogP contribution in [0.1, 0.15) is 24.0 Å². The Hall–Kier alpha value is -2.62. The van der Waals surface area contributed by atoms with Gasteiger partial charge in [-0.25, -0.2) is 0 Å². The van der Waals surface area contributed by atoms with Crippen molar-refractivity contribution in [3.8, 4) is 0 Å². The molecule has 0 aliphatic carbocycles. The first-order valence-corrected chi connectivity index (χ1v) is 8.36. The molecule has 124 valence electrons. The molecule has 1 saturated heterocycles. The number of likely N-dealkylation sites (tertiary alicyclic amines) is 1. The maximum absolute atomic E-state index is 12.4. The lowest BCUT2D eigenvalue weighted by Crippen LogP contribution is -2.45. The average Bonchev–Trinajstić information content (AvgIpc) is 2.63. The van der Waals surface area contributed by atoms with Gasteiger partial charge in [0.05, 0.1) is 5.92 Å². The molecule has 1 aliphatic heterocycles. The van der Waals surface area contributed by atoms with Crippen LogP contribution in [-0.4, -0.2) is 23.3 Å². The van der Waals surface area contributed by atoms with Crippen LogP contribution >= 0.6 is 0 Å². The van der Waals surface area contributed by atoms with Crippen LogP contribution in [0.3, 0.4) is 0 Å². The number of nitrogens with zero attached hydrogens (tertiary/aromatic N) is 1. The lowest BCUT2D eigenvalue weighted by atomic mass is 9.96. The summed E-state index contributed by atoms with van der Waals surface area (Å²) in [6, 6.07) is 19.8. The number of hydrogen-bond donors (Lipinski definition) is 1. The molecule has 1 atom stereocenters. The van der Waals surface area contributed by atoms with Crippen molar-refractivity contribution in [3.05, 3.63) is 71.8 Å². The van der Waals surface area contributed by atoms with E-state index in [4.69, 9.17) is 0 Å². The van der Waals surface area contributed by atoms with Gasteiger partial charge < -0.3 is 10.2 Å². The third-order valence-corrected chi connectivity index (χ3v) is 4.40. The zero-order chi connectivity index (χ0) is 16.8. The number of piperidine rings is 1. The highest BCUT2D eigenvalue weighted by molar-refractivity contribution is 5.83. The lowest BCUT2D eigenvalue weighted by Gasteiger charge is -2.32. The fourth-order valence-corrected chi connectivity index (χ4v) is 3.01. The van der Waals surface area contributed by atoms with Gasteiger partial charge in [0, 0.05) is 26.1 Å². The number of carbonyl (C=O) groups excluding carboxylic acids is 2. The second-order valence-electron chi connectivity index (χ2n) is 6.20. The van der Waals surface area contributed by atoms with E-state index in [0.29, 0.717) is 32.5 Å². The Morgan fingerprint density at radius 1 is 1.00 bits per heavy atom. The third kappa shape index (κ3) is 4.22. The largest absolute Gasteiger partial charge is 0.352 e. The summed E-state index contributed by atoms with van der Waals surface area (Å²) in [5.74, 6) is 0.0329. The summed E-state index contributed by atoms with van der Waals surface area (Å²) >= 11 is 0. The van der Waals surface area contributed by atoms with E-state index in [1.807, 2.05) is 60.7 Å². The number of rotatable bonds is 5. The Labute approximate surface area is 142 Å². The molecule has 0 bridgehead atoms. The van der Waals surface area contributed by atoms with E-state index >= 15 is 0 Å². The second kappa shape index (κ2) is 7.77. The number of nitrogens with one attached hydrogen (secondary N) is 1. The molecule has 2 amide bonds. The number of benzene rings is 2. The average molecular weight is 322 g/mol. The highest BCUT2D eigenvalue weighted by Crippen LogP contribution is 2.20. The molecule has 4 heteroatoms. The molecule has 0 saturated carbocycles. The van der Waals surface area contributed by atoms with Crippen LogP contribution in [0.2, 0.25) is 0 Å². The topological polar surface area (TPSA) is 49.4 Å². The van der Waals surface area contributed by atoms with Crippen molar-refractivity contribution in [1.29, 1.82) is 0 Å². The van der Waals surface area contributed by atoms with Crippen molar-refractivity contribution in [1.82, 2.24) is 10.2 Å². The Morgan fingerprint density at radius 3 is 2.29 bits per heavy atom. The Kier molecular flexibility index (Phi) is 5.26. The van der Waals surface area contributed by atoms with Gasteiger partial charge in [-0.2, -0.15) is 0 Å². The first-order chi connectivity index (χ1) is 11.7. The molecule has 1 fully saturated rings. The van der Waals surface area contributed by atoms with Crippen molar-refractivity contribution in [2.45, 2.75) is 25.9 Å². The van der Waals surface area contributed by atoms with Crippen molar-refractivity contribution >= 4 is 11.8 Å². The van der Waals surface area contributed by atoms with Crippen LogP contribution in [0.15, 0.2) is 60.7 Å². The first-order valence-electron chi connectivity index (χ1n) is 8.36. The van der Waals surface area contributed by atoms with E-state index in [1.165, 1.54) is 0 Å². The predicted octanol–water partition coefficient (Wildman–Crippen LogP) is 2.74. The standard InChI is InChI=1S/C20H22N2O2/c23-19-12-11-18(15-22(19)14-17-9-5-2-6-10-17)20(24)21-13-16-7-3-1-4-8-16/h1-10,18H,11-15H2,(H,21,24). The van der Waals surface area contributed by atoms with Gasteiger partial charge in [-0.15, -0.1) is 0 Å². The van der Waals surface area contributed by atoms with Crippen molar-refractivity contribution in [3.63, 3.8) is 0 Å². The van der Waals surface area contributed by atoms with Crippen LogP contribution < -0.4 is 5.32 Å². The van der Waals surface area contributed by atoms with Gasteiger partial charge >= 0.3 is 0 Å². The van der Waals surface area contributed by atoms with Crippen LogP contribution in [0.25, 0.3) is 0 Å². The lowest BCUT2D eigenvalue weighted by molar-refractivity contribution is -0.138. The molecule has 4 nitrogen and oxygen atoms in total. The molecule has 3 rings (SSSR count). The second-order valence-corrected chi connectivity index (χ2v) is 6.20. The molecule has 1 heterocycles. The third-order valence-electron chi connectivity index (χ3n) is 4.40. The SMILES string of the molecule is O=C(NCc1ccccc1)C1CCC(=O)N(Cc2ccccc2)C1. The van der Waals surface area contributed by atoms with Crippen molar-refractivity contribution in [2.24, 2.45) is 5.92 Å². The molecule has 24 heavy (non-hydrogen) atoms. The molecule has 0 aromatic heterocycles. The fourth-order valence-electron chi connectivity index (χ4n) is 3.01. The van der Waals surface area contributed by atoms with E-state index in [-0.39, 0.29) is 17.7 Å². The molecular weight excluding hydrogens is 300 g/mol. The monoisotopic (exact) mass is 322 g/mol. The minimum atomic E-state index is -0.130. The summed E-state index contributed by atoms with van der Waals surface area (Å²) in [6.45, 7) is 1.60. The zero-order valence-electron chi connectivity index (χ0n) is 13.7. The van der Waals surface area contributed by atoms with Crippen LogP contribution in [-0.2, 0) is 22.7 Å². The van der Waals surface area contributed by atoms with Gasteiger partial charge in [0.15, 0.2) is 0 Å². The molecule has 0 radical (unpaired) electrons. The smallest absolute Gasteiger partial charge is 0.225 e. The summed E-state index contributed by atoms with van der Waals surface area (Å²) in [7, 11) is 0. The van der Waals surface area contributed by atoms with Gasteiger partial charge in [0.2, 0.25) is 11.8 Å². The molecule has 1 aliphatic rings. The van der Waals surface area contributed by atoms with E-state index in [0.717, 1.165) is 11.1 Å². The molecule has 1 N–H and O–H groups in total. The van der Waals surface area contributed by atoms with Crippen molar-refractivity contribution < 1.29 is 9.59 Å². The predicted molar refractivity (Wildman–Crippen MR) is 92.9 cm³/mol. The quantitative estimate of drug-likeness (QED) is 0.920. The van der Waals surface area contributed by atoms with Gasteiger partial charge in [-0.05, 0) is 17.5 Å². The number of hydrogen-bond acceptors (Lipinski definition) is 2. The van der Waals surface area contributed by atoms with Gasteiger partial charge in [-0.1, -0.05) is 60.7 Å². The van der Waals surface area contributed by atoms with Gasteiger partial charge in [0.25, 0.3) is 0 Å². The van der Waals surface area contributed by atoms with E-state index in [2.05, 4.69) is 5.32 Å². The minimum absolute atomic E-state index is 0.0319. The molecule has 2 aromatic rings. The number of amides is 2. The fraction of sp³-hybridized carbons (Fsp3) is 0.300. The summed E-state index contributed by atoms with van der Waals surface area (Å²) in [4.78, 5) is 26.4. The van der Waals surface area contributed by atoms with E-state index in [1.54, 1.807) is 4.90 Å². The normalized spacial score (nSPS) is 17.6. The zero-order valence-corrected chi connectivity index (χ0v) is 13.7. The summed E-state index contributed by atoms with van der Waals surface area (Å²) in [5.41, 5.74) is 2.18. The Bertz CT molecular complexity index is 685. The van der Waals surface area contributed by atoms with Crippen LogP contribution in [0, 0.1) is 5.92 Å². The van der Waals surface area contributed by atoms with Crippen LogP contribution in [0.4, 0.5) is 0 Å². The molecule has 0 spiro atoms. The first kappa shape index (κ1) is 16.2. The van der Waals surface area contributed by atoms with Crippen LogP contribution in [0.5, 0.6) is 0 Å².